The van der Waals surface area contributed by atoms with Crippen LogP contribution < -0.4 is 5.32 Å². The van der Waals surface area contributed by atoms with Crippen LogP contribution in [-0.2, 0) is 10.4 Å². The molecule has 0 fully saturated rings. The van der Waals surface area contributed by atoms with Gasteiger partial charge in [-0.25, -0.2) is 0 Å². The third-order valence-electron chi connectivity index (χ3n) is 3.58. The van der Waals surface area contributed by atoms with Gasteiger partial charge in [-0.3, -0.25) is 4.79 Å². The Morgan fingerprint density at radius 1 is 1.14 bits per heavy atom. The van der Waals surface area contributed by atoms with E-state index < -0.39 is 17.6 Å². The van der Waals surface area contributed by atoms with Gasteiger partial charge in [0.1, 0.15) is 6.04 Å². The van der Waals surface area contributed by atoms with Crippen molar-refractivity contribution in [3.05, 3.63) is 71.8 Å². The number of hydrogen-bond acceptors (Lipinski definition) is 3. The molecule has 0 aliphatic rings. The molecule has 4 heteroatoms. The summed E-state index contributed by atoms with van der Waals surface area (Å²) in [6.45, 7) is 1.80. The maximum atomic E-state index is 12.7. The number of nitriles is 1. The molecule has 0 saturated carbocycles. The number of nitrogens with zero attached hydrogens (tertiary/aromatic N) is 1. The van der Waals surface area contributed by atoms with Crippen molar-refractivity contribution < 1.29 is 9.90 Å². The Balaban J connectivity index is 2.48. The summed E-state index contributed by atoms with van der Waals surface area (Å²) in [6.07, 6.45) is 0.474. The number of carbonyl (C=O) groups is 1. The molecule has 2 aromatic rings. The third-order valence-corrected chi connectivity index (χ3v) is 3.58. The molecule has 2 aromatic carbocycles. The molecular weight excluding hydrogens is 276 g/mol. The Hall–Kier alpha value is -2.64. The molecule has 2 rings (SSSR count). The van der Waals surface area contributed by atoms with Gasteiger partial charge in [-0.1, -0.05) is 67.6 Å². The summed E-state index contributed by atoms with van der Waals surface area (Å²) in [5.41, 5.74) is -0.898. The maximum Gasteiger partial charge on any atom is 0.262 e. The number of aliphatic hydroxyl groups is 1. The molecule has 0 radical (unpaired) electrons. The van der Waals surface area contributed by atoms with E-state index in [2.05, 4.69) is 5.32 Å². The zero-order valence-electron chi connectivity index (χ0n) is 12.4. The molecule has 0 aromatic heterocycles. The van der Waals surface area contributed by atoms with E-state index in [4.69, 9.17) is 5.26 Å². The Labute approximate surface area is 130 Å². The molecule has 22 heavy (non-hydrogen) atoms. The molecule has 0 aliphatic heterocycles. The van der Waals surface area contributed by atoms with E-state index in [0.29, 0.717) is 17.5 Å². The van der Waals surface area contributed by atoms with Crippen LogP contribution in [0.2, 0.25) is 0 Å². The molecule has 0 aliphatic carbocycles. The SMILES string of the molecule is CCC(C#N)NC(=O)C(O)(c1ccccc1)c1ccccc1. The van der Waals surface area contributed by atoms with Crippen LogP contribution in [-0.4, -0.2) is 17.1 Å². The van der Waals surface area contributed by atoms with E-state index in [-0.39, 0.29) is 0 Å². The number of carbonyl (C=O) groups excluding carboxylic acids is 1. The van der Waals surface area contributed by atoms with Gasteiger partial charge in [0.25, 0.3) is 5.91 Å². The summed E-state index contributed by atoms with van der Waals surface area (Å²) >= 11 is 0. The second-order valence-corrected chi connectivity index (χ2v) is 5.01. The largest absolute Gasteiger partial charge is 0.372 e. The van der Waals surface area contributed by atoms with Crippen LogP contribution in [0.4, 0.5) is 0 Å². The summed E-state index contributed by atoms with van der Waals surface area (Å²) in [5, 5.41) is 22.8. The van der Waals surface area contributed by atoms with E-state index in [1.165, 1.54) is 0 Å². The average Bonchev–Trinajstić information content (AvgIpc) is 2.60. The number of hydrogen-bond donors (Lipinski definition) is 2. The van der Waals surface area contributed by atoms with Crippen LogP contribution in [0.1, 0.15) is 24.5 Å². The molecule has 0 saturated heterocycles. The lowest BCUT2D eigenvalue weighted by atomic mass is 9.85. The number of rotatable bonds is 5. The second kappa shape index (κ2) is 6.88. The Morgan fingerprint density at radius 2 is 1.59 bits per heavy atom. The first-order valence-electron chi connectivity index (χ1n) is 7.17. The van der Waals surface area contributed by atoms with Crippen molar-refractivity contribution in [2.45, 2.75) is 25.0 Å². The first-order valence-corrected chi connectivity index (χ1v) is 7.17. The van der Waals surface area contributed by atoms with Gasteiger partial charge in [0.15, 0.2) is 5.60 Å². The molecule has 1 atom stereocenters. The van der Waals surface area contributed by atoms with Crippen LogP contribution in [0.15, 0.2) is 60.7 Å². The lowest BCUT2D eigenvalue weighted by Crippen LogP contribution is -2.48. The predicted octanol–water partition coefficient (Wildman–Crippen LogP) is 2.34. The summed E-state index contributed by atoms with van der Waals surface area (Å²) < 4.78 is 0. The van der Waals surface area contributed by atoms with Crippen molar-refractivity contribution in [1.82, 2.24) is 5.32 Å². The lowest BCUT2D eigenvalue weighted by molar-refractivity contribution is -0.137. The topological polar surface area (TPSA) is 73.1 Å². The quantitative estimate of drug-likeness (QED) is 0.889. The van der Waals surface area contributed by atoms with Gasteiger partial charge >= 0.3 is 0 Å². The fourth-order valence-electron chi connectivity index (χ4n) is 2.28. The monoisotopic (exact) mass is 294 g/mol. The van der Waals surface area contributed by atoms with Crippen LogP contribution in [0.25, 0.3) is 0 Å². The number of amides is 1. The molecule has 112 valence electrons. The fourth-order valence-corrected chi connectivity index (χ4v) is 2.28. The molecular formula is C18H18N2O2. The summed E-state index contributed by atoms with van der Waals surface area (Å²) in [7, 11) is 0. The van der Waals surface area contributed by atoms with Crippen LogP contribution in [0.3, 0.4) is 0 Å². The Kier molecular flexibility index (Phi) is 4.92. The van der Waals surface area contributed by atoms with Gasteiger partial charge in [0, 0.05) is 0 Å². The van der Waals surface area contributed by atoms with Crippen molar-refractivity contribution in [1.29, 1.82) is 5.26 Å². The van der Waals surface area contributed by atoms with Gasteiger partial charge in [0.05, 0.1) is 6.07 Å². The van der Waals surface area contributed by atoms with E-state index in [1.54, 1.807) is 55.5 Å². The van der Waals surface area contributed by atoms with E-state index in [1.807, 2.05) is 18.2 Å². The van der Waals surface area contributed by atoms with E-state index >= 15 is 0 Å². The van der Waals surface area contributed by atoms with Crippen molar-refractivity contribution in [2.24, 2.45) is 0 Å². The molecule has 4 nitrogen and oxygen atoms in total. The molecule has 0 heterocycles. The molecule has 2 N–H and O–H groups in total. The first kappa shape index (κ1) is 15.7. The Bertz CT molecular complexity index is 623. The van der Waals surface area contributed by atoms with Crippen molar-refractivity contribution in [3.8, 4) is 6.07 Å². The normalized spacial score (nSPS) is 12.2. The van der Waals surface area contributed by atoms with Gasteiger partial charge in [-0.2, -0.15) is 5.26 Å². The van der Waals surface area contributed by atoms with Gasteiger partial charge in [-0.15, -0.1) is 0 Å². The predicted molar refractivity (Wildman–Crippen MR) is 83.7 cm³/mol. The molecule has 0 spiro atoms. The van der Waals surface area contributed by atoms with Crippen molar-refractivity contribution >= 4 is 5.91 Å². The second-order valence-electron chi connectivity index (χ2n) is 5.01. The summed E-state index contributed by atoms with van der Waals surface area (Å²) in [4.78, 5) is 12.7. The maximum absolute atomic E-state index is 12.7. The van der Waals surface area contributed by atoms with Crippen molar-refractivity contribution in [3.63, 3.8) is 0 Å². The third kappa shape index (κ3) is 3.00. The highest BCUT2D eigenvalue weighted by molar-refractivity contribution is 5.90. The summed E-state index contributed by atoms with van der Waals surface area (Å²) in [5.74, 6) is -0.599. The van der Waals surface area contributed by atoms with Crippen molar-refractivity contribution in [2.75, 3.05) is 0 Å². The standard InChI is InChI=1S/C18H18N2O2/c1-2-16(13-19)20-17(21)18(22,14-9-5-3-6-10-14)15-11-7-4-8-12-15/h3-12,16,22H,2H2,1H3,(H,20,21). The highest BCUT2D eigenvalue weighted by Crippen LogP contribution is 2.30. The number of nitrogens with one attached hydrogen (secondary N) is 1. The minimum absolute atomic E-state index is 0.464. The number of benzene rings is 2. The molecule has 1 amide bonds. The molecule has 0 bridgehead atoms. The smallest absolute Gasteiger partial charge is 0.262 e. The highest BCUT2D eigenvalue weighted by Gasteiger charge is 2.40. The van der Waals surface area contributed by atoms with E-state index in [9.17, 15) is 9.90 Å². The summed E-state index contributed by atoms with van der Waals surface area (Å²) in [6, 6.07) is 18.8. The first-order chi connectivity index (χ1) is 10.6. The lowest BCUT2D eigenvalue weighted by Gasteiger charge is -2.29. The minimum atomic E-state index is -1.83. The average molecular weight is 294 g/mol. The van der Waals surface area contributed by atoms with Gasteiger partial charge < -0.3 is 10.4 Å². The molecule has 1 unspecified atom stereocenters. The van der Waals surface area contributed by atoms with Gasteiger partial charge in [0.2, 0.25) is 0 Å². The highest BCUT2D eigenvalue weighted by atomic mass is 16.3. The zero-order valence-corrected chi connectivity index (χ0v) is 12.4. The van der Waals surface area contributed by atoms with Crippen LogP contribution in [0, 0.1) is 11.3 Å². The van der Waals surface area contributed by atoms with Crippen LogP contribution >= 0.6 is 0 Å². The van der Waals surface area contributed by atoms with Gasteiger partial charge in [-0.05, 0) is 17.5 Å². The fraction of sp³-hybridized carbons (Fsp3) is 0.222. The Morgan fingerprint density at radius 3 is 1.95 bits per heavy atom. The zero-order chi connectivity index (χ0) is 16.0. The van der Waals surface area contributed by atoms with E-state index in [0.717, 1.165) is 0 Å². The minimum Gasteiger partial charge on any atom is -0.372 e. The van der Waals surface area contributed by atoms with Crippen LogP contribution in [0.5, 0.6) is 0 Å².